The first kappa shape index (κ1) is 22.3. The van der Waals surface area contributed by atoms with Gasteiger partial charge in [0.25, 0.3) is 5.91 Å². The molecule has 0 atom stereocenters. The van der Waals surface area contributed by atoms with E-state index in [1.54, 1.807) is 36.4 Å². The maximum absolute atomic E-state index is 12.6. The van der Waals surface area contributed by atoms with Crippen molar-refractivity contribution in [1.29, 1.82) is 0 Å². The van der Waals surface area contributed by atoms with Crippen LogP contribution in [0.5, 0.6) is 5.75 Å². The number of benzene rings is 2. The average molecular weight is 467 g/mol. The fourth-order valence-corrected chi connectivity index (χ4v) is 3.63. The summed E-state index contributed by atoms with van der Waals surface area (Å²) in [6.07, 6.45) is -0.578. The summed E-state index contributed by atoms with van der Waals surface area (Å²) in [6.45, 7) is 6.11. The van der Waals surface area contributed by atoms with Crippen LogP contribution in [-0.4, -0.2) is 38.9 Å². The minimum atomic E-state index is -0.578. The Bertz CT molecular complexity index is 1330. The fraction of sp³-hybridized carbons (Fsp3) is 0.217. The zero-order valence-corrected chi connectivity index (χ0v) is 19.3. The van der Waals surface area contributed by atoms with Crippen LogP contribution in [-0.2, 0) is 5.41 Å². The molecule has 4 rings (SSSR count). The number of carbonyl (C=O) groups excluding carboxylic acids is 2. The molecule has 2 aromatic heterocycles. The molecule has 0 spiro atoms. The van der Waals surface area contributed by atoms with Gasteiger partial charge in [-0.05, 0) is 36.4 Å². The summed E-state index contributed by atoms with van der Waals surface area (Å²) in [5.41, 5.74) is 2.96. The molecule has 3 N–H and O–H groups in total. The molecular formula is C23H23ClN6O3. The highest BCUT2D eigenvalue weighted by molar-refractivity contribution is 6.34. The van der Waals surface area contributed by atoms with Gasteiger partial charge < -0.3 is 20.4 Å². The van der Waals surface area contributed by atoms with E-state index in [9.17, 15) is 9.59 Å². The molecule has 0 aliphatic heterocycles. The van der Waals surface area contributed by atoms with Crippen molar-refractivity contribution in [1.82, 2.24) is 25.1 Å². The molecule has 2 amide bonds. The minimum absolute atomic E-state index is 0.206. The van der Waals surface area contributed by atoms with E-state index in [0.717, 1.165) is 11.3 Å². The number of nitrogens with one attached hydrogen (secondary N) is 3. The van der Waals surface area contributed by atoms with Gasteiger partial charge in [0.15, 0.2) is 11.5 Å². The Morgan fingerprint density at radius 2 is 1.82 bits per heavy atom. The summed E-state index contributed by atoms with van der Waals surface area (Å²) in [4.78, 5) is 27.1. The molecule has 170 valence electrons. The number of anilines is 1. The van der Waals surface area contributed by atoms with E-state index in [0.29, 0.717) is 33.5 Å². The van der Waals surface area contributed by atoms with Crippen LogP contribution in [0.3, 0.4) is 0 Å². The van der Waals surface area contributed by atoms with E-state index in [1.165, 1.54) is 11.7 Å². The zero-order valence-electron chi connectivity index (χ0n) is 18.6. The normalized spacial score (nSPS) is 11.4. The molecule has 2 aromatic carbocycles. The molecule has 0 saturated heterocycles. The third-order valence-corrected chi connectivity index (χ3v) is 5.24. The fourth-order valence-electron chi connectivity index (χ4n) is 3.19. The van der Waals surface area contributed by atoms with Gasteiger partial charge in [-0.25, -0.2) is 4.79 Å². The third kappa shape index (κ3) is 4.68. The number of ether oxygens (including phenoxy) is 1. The predicted molar refractivity (Wildman–Crippen MR) is 126 cm³/mol. The van der Waals surface area contributed by atoms with Crippen molar-refractivity contribution < 1.29 is 14.3 Å². The number of hydrogen-bond acceptors (Lipinski definition) is 5. The predicted octanol–water partition coefficient (Wildman–Crippen LogP) is 4.65. The van der Waals surface area contributed by atoms with Crippen molar-refractivity contribution >= 4 is 34.9 Å². The molecule has 10 heteroatoms. The molecule has 4 aromatic rings. The van der Waals surface area contributed by atoms with E-state index in [1.807, 2.05) is 32.9 Å². The molecule has 0 saturated carbocycles. The monoisotopic (exact) mass is 466 g/mol. The number of hydrogen-bond donors (Lipinski definition) is 3. The summed E-state index contributed by atoms with van der Waals surface area (Å²) in [5.74, 6) is 0.612. The number of halogens is 1. The maximum Gasteiger partial charge on any atom is 0.412 e. The first-order valence-electron chi connectivity index (χ1n) is 10.2. The lowest BCUT2D eigenvalue weighted by molar-refractivity contribution is 0.102. The second-order valence-corrected chi connectivity index (χ2v) is 8.80. The first-order valence-corrected chi connectivity index (χ1v) is 10.6. The van der Waals surface area contributed by atoms with Gasteiger partial charge in [0.2, 0.25) is 0 Å². The van der Waals surface area contributed by atoms with E-state index < -0.39 is 6.09 Å². The van der Waals surface area contributed by atoms with Crippen LogP contribution in [0.25, 0.3) is 17.0 Å². The first-order chi connectivity index (χ1) is 15.7. The second-order valence-electron chi connectivity index (χ2n) is 8.42. The number of rotatable bonds is 4. The Hall–Kier alpha value is -3.85. The number of H-pyrrole nitrogens is 1. The standard InChI is InChI=1S/C23H23ClN6O3/c1-23(2,3)18-17(24)20-27-19(29-30(20)28-18)14-6-5-7-15(12-14)26-21(31)13-8-10-16(11-9-13)33-22(32)25-4/h5-12H,1-4H3,(H,25,32)(H,26,31)(H,27,29). The number of nitrogens with zero attached hydrogens (tertiary/aromatic N) is 3. The lowest BCUT2D eigenvalue weighted by atomic mass is 9.92. The third-order valence-electron chi connectivity index (χ3n) is 4.88. The van der Waals surface area contributed by atoms with Crippen LogP contribution < -0.4 is 15.4 Å². The number of aromatic nitrogens is 4. The van der Waals surface area contributed by atoms with Crippen molar-refractivity contribution in [2.45, 2.75) is 26.2 Å². The van der Waals surface area contributed by atoms with Crippen molar-refractivity contribution in [2.75, 3.05) is 12.4 Å². The molecule has 0 bridgehead atoms. The van der Waals surface area contributed by atoms with Crippen molar-refractivity contribution in [2.24, 2.45) is 0 Å². The number of fused-ring (bicyclic) bond motifs is 1. The van der Waals surface area contributed by atoms with E-state index in [2.05, 4.69) is 25.8 Å². The summed E-state index contributed by atoms with van der Waals surface area (Å²) in [7, 11) is 1.47. The lowest BCUT2D eigenvalue weighted by Gasteiger charge is -2.14. The summed E-state index contributed by atoms with van der Waals surface area (Å²) < 4.78 is 6.52. The van der Waals surface area contributed by atoms with Crippen LogP contribution in [0.1, 0.15) is 36.8 Å². The topological polar surface area (TPSA) is 113 Å². The Kier molecular flexibility index (Phi) is 5.82. The van der Waals surface area contributed by atoms with Crippen LogP contribution >= 0.6 is 11.6 Å². The Morgan fingerprint density at radius 3 is 2.45 bits per heavy atom. The Morgan fingerprint density at radius 1 is 1.09 bits per heavy atom. The average Bonchev–Trinajstić information content (AvgIpc) is 3.34. The van der Waals surface area contributed by atoms with Gasteiger partial charge in [-0.1, -0.05) is 44.5 Å². The summed E-state index contributed by atoms with van der Waals surface area (Å²) >= 11 is 6.51. The number of aromatic amines is 1. The van der Waals surface area contributed by atoms with Gasteiger partial charge in [0, 0.05) is 29.3 Å². The number of amides is 2. The molecule has 2 heterocycles. The van der Waals surface area contributed by atoms with Crippen molar-refractivity contribution in [3.8, 4) is 17.1 Å². The smallest absolute Gasteiger partial charge is 0.410 e. The minimum Gasteiger partial charge on any atom is -0.410 e. The van der Waals surface area contributed by atoms with Gasteiger partial charge in [-0.15, -0.1) is 9.73 Å². The van der Waals surface area contributed by atoms with E-state index in [-0.39, 0.29) is 11.3 Å². The zero-order chi connectivity index (χ0) is 23.8. The van der Waals surface area contributed by atoms with E-state index in [4.69, 9.17) is 16.3 Å². The van der Waals surface area contributed by atoms with Crippen LogP contribution in [0.4, 0.5) is 10.5 Å². The molecule has 0 unspecified atom stereocenters. The summed E-state index contributed by atoms with van der Waals surface area (Å²) in [5, 5.41) is 14.8. The Balaban J connectivity index is 1.52. The van der Waals surface area contributed by atoms with Crippen LogP contribution in [0, 0.1) is 0 Å². The largest absolute Gasteiger partial charge is 0.412 e. The Labute approximate surface area is 195 Å². The van der Waals surface area contributed by atoms with Crippen LogP contribution in [0.15, 0.2) is 48.5 Å². The molecular weight excluding hydrogens is 444 g/mol. The van der Waals surface area contributed by atoms with Gasteiger partial charge in [0.05, 0.1) is 5.69 Å². The molecule has 9 nitrogen and oxygen atoms in total. The second kappa shape index (κ2) is 8.59. The van der Waals surface area contributed by atoms with Gasteiger partial charge >= 0.3 is 6.09 Å². The van der Waals surface area contributed by atoms with E-state index >= 15 is 0 Å². The van der Waals surface area contributed by atoms with Gasteiger partial charge in [-0.2, -0.15) is 5.10 Å². The van der Waals surface area contributed by atoms with Crippen molar-refractivity contribution in [3.63, 3.8) is 0 Å². The van der Waals surface area contributed by atoms with Gasteiger partial charge in [-0.3, -0.25) is 4.79 Å². The molecule has 0 aliphatic rings. The quantitative estimate of drug-likeness (QED) is 0.405. The molecule has 33 heavy (non-hydrogen) atoms. The maximum atomic E-state index is 12.6. The molecule has 0 radical (unpaired) electrons. The number of carbonyl (C=O) groups is 2. The lowest BCUT2D eigenvalue weighted by Crippen LogP contribution is -2.22. The SMILES string of the molecule is CNC(=O)Oc1ccc(C(=O)Nc2cccc(-c3nn4nc(C(C)(C)C)c(Cl)c4[nH]3)c2)cc1. The highest BCUT2D eigenvalue weighted by Gasteiger charge is 2.25. The van der Waals surface area contributed by atoms with Crippen molar-refractivity contribution in [3.05, 3.63) is 64.8 Å². The van der Waals surface area contributed by atoms with Gasteiger partial charge in [0.1, 0.15) is 10.8 Å². The molecule has 0 aliphatic carbocycles. The summed E-state index contributed by atoms with van der Waals surface area (Å²) in [6, 6.07) is 13.5. The highest BCUT2D eigenvalue weighted by atomic mass is 35.5. The highest BCUT2D eigenvalue weighted by Crippen LogP contribution is 2.32. The van der Waals surface area contributed by atoms with Crippen LogP contribution in [0.2, 0.25) is 5.02 Å². The molecule has 0 fully saturated rings.